The van der Waals surface area contributed by atoms with Gasteiger partial charge in [-0.1, -0.05) is 30.3 Å². The molecule has 0 spiro atoms. The third kappa shape index (κ3) is 2.94. The van der Waals surface area contributed by atoms with Crippen LogP contribution in [0.4, 0.5) is 0 Å². The van der Waals surface area contributed by atoms with Gasteiger partial charge in [0.05, 0.1) is 17.2 Å². The standard InChI is InChI=1S/C17H16N2O2/c20-14-8-9-16-15(11-14)17(21)19(12-18-16)10-4-7-13-5-2-1-3-6-13/h1-3,5-6,8-9,11-12,20H,4,7,10H2. The number of rotatable bonds is 4. The average molecular weight is 280 g/mol. The first-order valence-electron chi connectivity index (χ1n) is 6.96. The van der Waals surface area contributed by atoms with Gasteiger partial charge < -0.3 is 5.11 Å². The van der Waals surface area contributed by atoms with Crippen molar-refractivity contribution >= 4 is 10.9 Å². The Labute approximate surface area is 122 Å². The topological polar surface area (TPSA) is 55.1 Å². The minimum Gasteiger partial charge on any atom is -0.508 e. The Morgan fingerprint density at radius 2 is 1.90 bits per heavy atom. The Morgan fingerprint density at radius 1 is 1.10 bits per heavy atom. The molecule has 3 rings (SSSR count). The Balaban J connectivity index is 1.78. The van der Waals surface area contributed by atoms with E-state index in [2.05, 4.69) is 17.1 Å². The SMILES string of the molecule is O=c1c2cc(O)ccc2ncn1CCCc1ccccc1. The largest absolute Gasteiger partial charge is 0.508 e. The van der Waals surface area contributed by atoms with Gasteiger partial charge in [0.15, 0.2) is 0 Å². The van der Waals surface area contributed by atoms with Gasteiger partial charge in [-0.2, -0.15) is 0 Å². The van der Waals surface area contributed by atoms with Crippen molar-refractivity contribution in [3.63, 3.8) is 0 Å². The summed E-state index contributed by atoms with van der Waals surface area (Å²) in [4.78, 5) is 16.6. The van der Waals surface area contributed by atoms with Crippen molar-refractivity contribution in [1.29, 1.82) is 0 Å². The van der Waals surface area contributed by atoms with Gasteiger partial charge in [0.2, 0.25) is 0 Å². The van der Waals surface area contributed by atoms with Crippen molar-refractivity contribution in [2.24, 2.45) is 0 Å². The third-order valence-electron chi connectivity index (χ3n) is 3.51. The fraction of sp³-hybridized carbons (Fsp3) is 0.176. The molecular formula is C17H16N2O2. The molecule has 4 nitrogen and oxygen atoms in total. The number of aryl methyl sites for hydroxylation is 2. The number of phenolic OH excluding ortho intramolecular Hbond substituents is 1. The maximum absolute atomic E-state index is 12.3. The maximum atomic E-state index is 12.3. The Morgan fingerprint density at radius 3 is 2.71 bits per heavy atom. The van der Waals surface area contributed by atoms with Crippen molar-refractivity contribution in [2.45, 2.75) is 19.4 Å². The highest BCUT2D eigenvalue weighted by atomic mass is 16.3. The van der Waals surface area contributed by atoms with Crippen LogP contribution in [0.3, 0.4) is 0 Å². The lowest BCUT2D eigenvalue weighted by atomic mass is 10.1. The quantitative estimate of drug-likeness (QED) is 0.799. The summed E-state index contributed by atoms with van der Waals surface area (Å²) in [6.45, 7) is 0.617. The molecular weight excluding hydrogens is 264 g/mol. The van der Waals surface area contributed by atoms with E-state index >= 15 is 0 Å². The molecule has 0 radical (unpaired) electrons. The number of nitrogens with zero attached hydrogens (tertiary/aromatic N) is 2. The summed E-state index contributed by atoms with van der Waals surface area (Å²) >= 11 is 0. The third-order valence-corrected chi connectivity index (χ3v) is 3.51. The first-order chi connectivity index (χ1) is 10.2. The van der Waals surface area contributed by atoms with E-state index in [4.69, 9.17) is 0 Å². The molecule has 0 amide bonds. The van der Waals surface area contributed by atoms with E-state index in [-0.39, 0.29) is 11.3 Å². The van der Waals surface area contributed by atoms with E-state index in [0.29, 0.717) is 17.4 Å². The van der Waals surface area contributed by atoms with Crippen LogP contribution in [0.1, 0.15) is 12.0 Å². The van der Waals surface area contributed by atoms with Crippen LogP contribution in [0.15, 0.2) is 59.7 Å². The van der Waals surface area contributed by atoms with Gasteiger partial charge in [-0.15, -0.1) is 0 Å². The highest BCUT2D eigenvalue weighted by Gasteiger charge is 2.05. The Hall–Kier alpha value is -2.62. The van der Waals surface area contributed by atoms with E-state index in [9.17, 15) is 9.90 Å². The minimum absolute atomic E-state index is 0.0865. The van der Waals surface area contributed by atoms with Gasteiger partial charge in [-0.05, 0) is 36.6 Å². The molecule has 1 N–H and O–H groups in total. The zero-order valence-corrected chi connectivity index (χ0v) is 11.6. The minimum atomic E-state index is -0.107. The van der Waals surface area contributed by atoms with Gasteiger partial charge >= 0.3 is 0 Å². The van der Waals surface area contributed by atoms with Gasteiger partial charge in [0.1, 0.15) is 5.75 Å². The van der Waals surface area contributed by atoms with Crippen molar-refractivity contribution in [3.8, 4) is 5.75 Å². The fourth-order valence-corrected chi connectivity index (χ4v) is 2.40. The first-order valence-corrected chi connectivity index (χ1v) is 6.96. The normalized spacial score (nSPS) is 10.9. The lowest BCUT2D eigenvalue weighted by Gasteiger charge is -2.07. The number of hydrogen-bond donors (Lipinski definition) is 1. The van der Waals surface area contributed by atoms with Crippen LogP contribution in [-0.4, -0.2) is 14.7 Å². The molecule has 0 aliphatic carbocycles. The predicted molar refractivity (Wildman–Crippen MR) is 82.4 cm³/mol. The second-order valence-corrected chi connectivity index (χ2v) is 5.03. The summed E-state index contributed by atoms with van der Waals surface area (Å²) in [5, 5.41) is 9.95. The van der Waals surface area contributed by atoms with E-state index in [0.717, 1.165) is 12.8 Å². The molecule has 0 bridgehead atoms. The lowest BCUT2D eigenvalue weighted by molar-refractivity contribution is 0.476. The van der Waals surface area contributed by atoms with Crippen molar-refractivity contribution in [3.05, 3.63) is 70.8 Å². The molecule has 0 atom stereocenters. The van der Waals surface area contributed by atoms with Crippen LogP contribution in [-0.2, 0) is 13.0 Å². The lowest BCUT2D eigenvalue weighted by Crippen LogP contribution is -2.20. The van der Waals surface area contributed by atoms with Gasteiger partial charge in [-0.25, -0.2) is 4.98 Å². The number of hydrogen-bond acceptors (Lipinski definition) is 3. The van der Waals surface area contributed by atoms with Gasteiger partial charge in [0.25, 0.3) is 5.56 Å². The molecule has 0 aliphatic heterocycles. The summed E-state index contributed by atoms with van der Waals surface area (Å²) in [5.41, 5.74) is 1.76. The van der Waals surface area contributed by atoms with Crippen molar-refractivity contribution < 1.29 is 5.11 Å². The van der Waals surface area contributed by atoms with E-state index < -0.39 is 0 Å². The van der Waals surface area contributed by atoms with Crippen LogP contribution in [0, 0.1) is 0 Å². The van der Waals surface area contributed by atoms with Crippen LogP contribution in [0.2, 0.25) is 0 Å². The van der Waals surface area contributed by atoms with Crippen LogP contribution in [0.5, 0.6) is 5.75 Å². The van der Waals surface area contributed by atoms with Crippen LogP contribution >= 0.6 is 0 Å². The van der Waals surface area contributed by atoms with E-state index in [1.54, 1.807) is 17.0 Å². The number of phenols is 1. The molecule has 3 aromatic rings. The molecule has 0 aliphatic rings. The van der Waals surface area contributed by atoms with Gasteiger partial charge in [-0.3, -0.25) is 9.36 Å². The zero-order chi connectivity index (χ0) is 14.7. The molecule has 0 saturated carbocycles. The average Bonchev–Trinajstić information content (AvgIpc) is 2.51. The summed E-state index contributed by atoms with van der Waals surface area (Å²) in [5.74, 6) is 0.0865. The highest BCUT2D eigenvalue weighted by molar-refractivity contribution is 5.78. The molecule has 1 heterocycles. The molecule has 21 heavy (non-hydrogen) atoms. The second kappa shape index (κ2) is 5.79. The maximum Gasteiger partial charge on any atom is 0.261 e. The first kappa shape index (κ1) is 13.4. The van der Waals surface area contributed by atoms with Crippen LogP contribution < -0.4 is 5.56 Å². The molecule has 106 valence electrons. The summed E-state index contributed by atoms with van der Waals surface area (Å²) < 4.78 is 1.60. The van der Waals surface area contributed by atoms with E-state index in [1.165, 1.54) is 17.7 Å². The number of aromatic nitrogens is 2. The monoisotopic (exact) mass is 280 g/mol. The van der Waals surface area contributed by atoms with Crippen LogP contribution in [0.25, 0.3) is 10.9 Å². The molecule has 4 heteroatoms. The number of benzene rings is 2. The zero-order valence-electron chi connectivity index (χ0n) is 11.6. The molecule has 0 unspecified atom stereocenters. The van der Waals surface area contributed by atoms with E-state index in [1.807, 2.05) is 18.2 Å². The second-order valence-electron chi connectivity index (χ2n) is 5.03. The highest BCUT2D eigenvalue weighted by Crippen LogP contribution is 2.14. The molecule has 1 aromatic heterocycles. The molecule has 2 aromatic carbocycles. The number of fused-ring (bicyclic) bond motifs is 1. The van der Waals surface area contributed by atoms with Crippen molar-refractivity contribution in [1.82, 2.24) is 9.55 Å². The summed E-state index contributed by atoms with van der Waals surface area (Å²) in [6, 6.07) is 14.9. The summed E-state index contributed by atoms with van der Waals surface area (Å²) in [7, 11) is 0. The van der Waals surface area contributed by atoms with Crippen molar-refractivity contribution in [2.75, 3.05) is 0 Å². The Kier molecular flexibility index (Phi) is 3.69. The summed E-state index contributed by atoms with van der Waals surface area (Å²) in [6.07, 6.45) is 3.37. The Bertz CT molecular complexity index is 810. The fourth-order valence-electron chi connectivity index (χ4n) is 2.40. The predicted octanol–water partition coefficient (Wildman–Crippen LogP) is 2.73. The number of aromatic hydroxyl groups is 1. The molecule has 0 saturated heterocycles. The van der Waals surface area contributed by atoms with Gasteiger partial charge in [0, 0.05) is 6.54 Å². The molecule has 0 fully saturated rings. The smallest absolute Gasteiger partial charge is 0.261 e.